The zero-order valence-corrected chi connectivity index (χ0v) is 19.3. The molecule has 2 rings (SSSR count). The highest BCUT2D eigenvalue weighted by atomic mass is 16.7. The smallest absolute Gasteiger partial charge is 0.303 e. The molecule has 0 saturated carbocycles. The van der Waals surface area contributed by atoms with Crippen LogP contribution in [0.25, 0.3) is 0 Å². The van der Waals surface area contributed by atoms with Gasteiger partial charge in [-0.1, -0.05) is 30.3 Å². The van der Waals surface area contributed by atoms with Crippen LogP contribution in [0.15, 0.2) is 30.3 Å². The third-order valence-electron chi connectivity index (χ3n) is 4.81. The molecule has 1 heterocycles. The fraction of sp³-hybridized carbons (Fsp3) is 0.565. The SMILES string of the molecule is CC(=O)N[C@H]1[C@@H](OCCCc2ccccc2)O[C@@H](COC(C)=O)[C@@H](OC(C)=O)[C@@H]1OC(C)=O. The Kier molecular flexibility index (Phi) is 10.3. The summed E-state index contributed by atoms with van der Waals surface area (Å²) >= 11 is 0. The third kappa shape index (κ3) is 8.82. The maximum Gasteiger partial charge on any atom is 0.303 e. The number of hydrogen-bond acceptors (Lipinski definition) is 9. The molecule has 0 radical (unpaired) electrons. The van der Waals surface area contributed by atoms with Crippen LogP contribution in [0.4, 0.5) is 0 Å². The highest BCUT2D eigenvalue weighted by Gasteiger charge is 2.51. The molecule has 1 N–H and O–H groups in total. The molecule has 1 amide bonds. The minimum Gasteiger partial charge on any atom is -0.463 e. The topological polar surface area (TPSA) is 126 Å². The molecule has 0 aromatic heterocycles. The molecule has 1 aliphatic rings. The van der Waals surface area contributed by atoms with Gasteiger partial charge in [-0.25, -0.2) is 0 Å². The molecule has 33 heavy (non-hydrogen) atoms. The Hall–Kier alpha value is -2.98. The fourth-order valence-electron chi connectivity index (χ4n) is 3.55. The predicted octanol–water partition coefficient (Wildman–Crippen LogP) is 1.29. The van der Waals surface area contributed by atoms with Gasteiger partial charge in [-0.2, -0.15) is 0 Å². The zero-order chi connectivity index (χ0) is 24.4. The Morgan fingerprint density at radius 1 is 0.909 bits per heavy atom. The van der Waals surface area contributed by atoms with Crippen LogP contribution >= 0.6 is 0 Å². The monoisotopic (exact) mass is 465 g/mol. The number of nitrogens with one attached hydrogen (secondary N) is 1. The van der Waals surface area contributed by atoms with Crippen LogP contribution in [0.5, 0.6) is 0 Å². The van der Waals surface area contributed by atoms with E-state index in [0.717, 1.165) is 12.0 Å². The first-order valence-corrected chi connectivity index (χ1v) is 10.7. The first-order chi connectivity index (χ1) is 15.7. The van der Waals surface area contributed by atoms with Crippen molar-refractivity contribution in [2.45, 2.75) is 71.2 Å². The van der Waals surface area contributed by atoms with E-state index in [1.165, 1.54) is 27.7 Å². The van der Waals surface area contributed by atoms with Gasteiger partial charge in [-0.05, 0) is 18.4 Å². The van der Waals surface area contributed by atoms with Gasteiger partial charge in [0.2, 0.25) is 5.91 Å². The Balaban J connectivity index is 2.21. The van der Waals surface area contributed by atoms with E-state index in [2.05, 4.69) is 5.32 Å². The van der Waals surface area contributed by atoms with Crippen molar-refractivity contribution in [1.29, 1.82) is 0 Å². The van der Waals surface area contributed by atoms with Crippen molar-refractivity contribution < 1.29 is 42.9 Å². The quantitative estimate of drug-likeness (QED) is 0.309. The van der Waals surface area contributed by atoms with E-state index in [1.54, 1.807) is 0 Å². The number of aryl methyl sites for hydroxylation is 1. The lowest BCUT2D eigenvalue weighted by molar-refractivity contribution is -0.277. The maximum atomic E-state index is 11.9. The van der Waals surface area contributed by atoms with Crippen molar-refractivity contribution in [3.63, 3.8) is 0 Å². The van der Waals surface area contributed by atoms with Gasteiger partial charge >= 0.3 is 17.9 Å². The summed E-state index contributed by atoms with van der Waals surface area (Å²) in [5, 5.41) is 2.67. The van der Waals surface area contributed by atoms with Crippen LogP contribution in [0, 0.1) is 0 Å². The Morgan fingerprint density at radius 3 is 2.12 bits per heavy atom. The van der Waals surface area contributed by atoms with Crippen molar-refractivity contribution in [3.05, 3.63) is 35.9 Å². The third-order valence-corrected chi connectivity index (χ3v) is 4.81. The normalized spacial score (nSPS) is 24.4. The zero-order valence-electron chi connectivity index (χ0n) is 19.3. The molecule has 10 nitrogen and oxygen atoms in total. The van der Waals surface area contributed by atoms with Crippen molar-refractivity contribution in [3.8, 4) is 0 Å². The van der Waals surface area contributed by atoms with Crippen molar-refractivity contribution in [2.24, 2.45) is 0 Å². The first kappa shape index (κ1) is 26.3. The molecule has 1 aromatic rings. The summed E-state index contributed by atoms with van der Waals surface area (Å²) in [6.45, 7) is 4.92. The lowest BCUT2D eigenvalue weighted by Crippen LogP contribution is -2.66. The highest BCUT2D eigenvalue weighted by Crippen LogP contribution is 2.28. The summed E-state index contributed by atoms with van der Waals surface area (Å²) in [6.07, 6.45) is -2.85. The van der Waals surface area contributed by atoms with Crippen molar-refractivity contribution in [2.75, 3.05) is 13.2 Å². The Bertz CT molecular complexity index is 813. The number of carbonyl (C=O) groups excluding carboxylic acids is 4. The summed E-state index contributed by atoms with van der Waals surface area (Å²) in [7, 11) is 0. The fourth-order valence-corrected chi connectivity index (χ4v) is 3.55. The molecule has 1 aromatic carbocycles. The second-order valence-electron chi connectivity index (χ2n) is 7.68. The lowest BCUT2D eigenvalue weighted by atomic mass is 9.96. The number of hydrogen-bond donors (Lipinski definition) is 1. The molecule has 1 saturated heterocycles. The van der Waals surface area contributed by atoms with Crippen LogP contribution in [-0.4, -0.2) is 67.7 Å². The predicted molar refractivity (Wildman–Crippen MR) is 115 cm³/mol. The van der Waals surface area contributed by atoms with Gasteiger partial charge < -0.3 is 29.0 Å². The van der Waals surface area contributed by atoms with E-state index in [4.69, 9.17) is 23.7 Å². The van der Waals surface area contributed by atoms with E-state index < -0.39 is 54.5 Å². The number of benzene rings is 1. The van der Waals surface area contributed by atoms with Gasteiger partial charge in [-0.15, -0.1) is 0 Å². The lowest BCUT2D eigenvalue weighted by Gasteiger charge is -2.44. The summed E-state index contributed by atoms with van der Waals surface area (Å²) in [5.41, 5.74) is 1.14. The number of esters is 3. The maximum absolute atomic E-state index is 11.9. The van der Waals surface area contributed by atoms with E-state index in [1.807, 2.05) is 30.3 Å². The highest BCUT2D eigenvalue weighted by molar-refractivity contribution is 5.73. The molecule has 182 valence electrons. The van der Waals surface area contributed by atoms with Crippen LogP contribution in [0.3, 0.4) is 0 Å². The van der Waals surface area contributed by atoms with Crippen molar-refractivity contribution >= 4 is 23.8 Å². The van der Waals surface area contributed by atoms with Crippen LogP contribution in [0.1, 0.15) is 39.7 Å². The number of ether oxygens (including phenoxy) is 5. The minimum absolute atomic E-state index is 0.262. The van der Waals surface area contributed by atoms with Gasteiger partial charge in [0.15, 0.2) is 18.5 Å². The van der Waals surface area contributed by atoms with Gasteiger partial charge in [0.05, 0.1) is 6.61 Å². The molecule has 0 aliphatic carbocycles. The summed E-state index contributed by atoms with van der Waals surface area (Å²) in [5.74, 6) is -2.28. The van der Waals surface area contributed by atoms with Gasteiger partial charge in [0, 0.05) is 27.7 Å². The van der Waals surface area contributed by atoms with Crippen LogP contribution in [-0.2, 0) is 49.3 Å². The molecule has 1 fully saturated rings. The first-order valence-electron chi connectivity index (χ1n) is 10.7. The number of amides is 1. The average molecular weight is 465 g/mol. The van der Waals surface area contributed by atoms with E-state index in [0.29, 0.717) is 6.42 Å². The molecule has 0 bridgehead atoms. The molecule has 1 aliphatic heterocycles. The van der Waals surface area contributed by atoms with Gasteiger partial charge in [0.25, 0.3) is 0 Å². The molecule has 0 unspecified atom stereocenters. The summed E-state index contributed by atoms with van der Waals surface area (Å²) < 4.78 is 27.7. The molecule has 10 heteroatoms. The van der Waals surface area contributed by atoms with Crippen LogP contribution < -0.4 is 5.32 Å². The Labute approximate surface area is 192 Å². The van der Waals surface area contributed by atoms with E-state index in [-0.39, 0.29) is 13.2 Å². The molecular formula is C23H31NO9. The van der Waals surface area contributed by atoms with Crippen molar-refractivity contribution in [1.82, 2.24) is 5.32 Å². The molecule has 0 spiro atoms. The van der Waals surface area contributed by atoms with E-state index >= 15 is 0 Å². The molecular weight excluding hydrogens is 434 g/mol. The standard InChI is InChI=1S/C23H31NO9/c1-14(25)24-20-22(32-17(4)28)21(31-16(3)27)19(13-30-15(2)26)33-23(20)29-12-8-11-18-9-6-5-7-10-18/h5-7,9-10,19-23H,8,11-13H2,1-4H3,(H,24,25)/t19-,20+,21+,22+,23-/m0/s1. The number of rotatable bonds is 10. The second-order valence-corrected chi connectivity index (χ2v) is 7.68. The van der Waals surface area contributed by atoms with E-state index in [9.17, 15) is 19.2 Å². The van der Waals surface area contributed by atoms with Gasteiger partial charge in [0.1, 0.15) is 18.8 Å². The molecule has 5 atom stereocenters. The van der Waals surface area contributed by atoms with Crippen LogP contribution in [0.2, 0.25) is 0 Å². The van der Waals surface area contributed by atoms with Gasteiger partial charge in [-0.3, -0.25) is 19.2 Å². The minimum atomic E-state index is -1.13. The average Bonchev–Trinajstić information content (AvgIpc) is 2.73. The number of carbonyl (C=O) groups is 4. The second kappa shape index (κ2) is 12.9. The largest absolute Gasteiger partial charge is 0.463 e. The summed E-state index contributed by atoms with van der Waals surface area (Å²) in [6, 6.07) is 8.89. The summed E-state index contributed by atoms with van der Waals surface area (Å²) in [4.78, 5) is 46.8. The Morgan fingerprint density at radius 2 is 1.55 bits per heavy atom.